The summed E-state index contributed by atoms with van der Waals surface area (Å²) in [4.78, 5) is 21.3. The Hall–Kier alpha value is -3.42. The predicted molar refractivity (Wildman–Crippen MR) is 134 cm³/mol. The van der Waals surface area contributed by atoms with Gasteiger partial charge in [-0.25, -0.2) is 9.37 Å². The van der Waals surface area contributed by atoms with Crippen molar-refractivity contribution >= 4 is 22.9 Å². The summed E-state index contributed by atoms with van der Waals surface area (Å²) in [6, 6.07) is 9.04. The van der Waals surface area contributed by atoms with Crippen molar-refractivity contribution in [2.45, 2.75) is 45.1 Å². The van der Waals surface area contributed by atoms with Crippen molar-refractivity contribution in [3.05, 3.63) is 75.5 Å². The lowest BCUT2D eigenvalue weighted by Crippen LogP contribution is -2.42. The van der Waals surface area contributed by atoms with Crippen LogP contribution in [0.25, 0.3) is 0 Å². The molecule has 0 spiro atoms. The molecule has 2 aromatic carbocycles. The Balaban J connectivity index is 1.70. The van der Waals surface area contributed by atoms with Crippen LogP contribution in [-0.4, -0.2) is 41.0 Å². The van der Waals surface area contributed by atoms with Crippen LogP contribution in [0.3, 0.4) is 0 Å². The third-order valence-electron chi connectivity index (χ3n) is 5.87. The number of halogens is 4. The quantitative estimate of drug-likeness (QED) is 0.278. The van der Waals surface area contributed by atoms with Crippen molar-refractivity contribution in [2.75, 3.05) is 18.0 Å². The maximum absolute atomic E-state index is 13.8. The molecular weight excluding hydrogens is 506 g/mol. The van der Waals surface area contributed by atoms with E-state index in [1.807, 2.05) is 0 Å². The number of nitrogens with zero attached hydrogens (tertiary/aromatic N) is 3. The molecule has 1 aromatic heterocycles. The molecule has 0 saturated carbocycles. The van der Waals surface area contributed by atoms with Crippen LogP contribution in [0.5, 0.6) is 5.75 Å². The second kappa shape index (κ2) is 10.9. The highest BCUT2D eigenvalue weighted by Gasteiger charge is 2.37. The summed E-state index contributed by atoms with van der Waals surface area (Å²) in [5, 5.41) is 1.81. The molecule has 1 amide bonds. The average Bonchev–Trinajstić information content (AvgIpc) is 3.49. The van der Waals surface area contributed by atoms with Gasteiger partial charge in [0.15, 0.2) is 5.01 Å². The Labute approximate surface area is 216 Å². The van der Waals surface area contributed by atoms with Gasteiger partial charge in [-0.1, -0.05) is 12.1 Å². The molecule has 1 aliphatic rings. The first kappa shape index (κ1) is 26.6. The summed E-state index contributed by atoms with van der Waals surface area (Å²) in [5.74, 6) is 1.52. The highest BCUT2D eigenvalue weighted by atomic mass is 32.1. The Morgan fingerprint density at radius 3 is 2.62 bits per heavy atom. The number of hydrogen-bond acceptors (Lipinski definition) is 5. The van der Waals surface area contributed by atoms with Crippen LogP contribution in [0.1, 0.15) is 46.9 Å². The number of carbonyl (C=O) groups is 1. The van der Waals surface area contributed by atoms with E-state index in [1.54, 1.807) is 26.0 Å². The van der Waals surface area contributed by atoms with Gasteiger partial charge in [0.25, 0.3) is 5.91 Å². The van der Waals surface area contributed by atoms with Crippen LogP contribution in [0, 0.1) is 18.2 Å². The van der Waals surface area contributed by atoms with Crippen LogP contribution in [0.2, 0.25) is 0 Å². The van der Waals surface area contributed by atoms with Gasteiger partial charge in [0.1, 0.15) is 17.3 Å². The number of hydrogen-bond donors (Lipinski definition) is 0. The molecule has 1 saturated heterocycles. The summed E-state index contributed by atoms with van der Waals surface area (Å²) in [6.45, 7) is 4.95. The molecule has 0 bridgehead atoms. The van der Waals surface area contributed by atoms with Crippen molar-refractivity contribution < 1.29 is 27.1 Å². The van der Waals surface area contributed by atoms with Gasteiger partial charge in [-0.2, -0.15) is 13.2 Å². The molecule has 10 heteroatoms. The molecule has 0 radical (unpaired) electrons. The number of aromatic nitrogens is 1. The van der Waals surface area contributed by atoms with E-state index in [0.717, 1.165) is 29.0 Å². The lowest BCUT2D eigenvalue weighted by atomic mass is 10.1. The smallest absolute Gasteiger partial charge is 0.416 e. The number of likely N-dealkylation sites (tertiary alicyclic amines) is 1. The first-order valence-corrected chi connectivity index (χ1v) is 12.5. The van der Waals surface area contributed by atoms with E-state index in [1.165, 1.54) is 28.5 Å². The molecule has 0 aliphatic carbocycles. The zero-order valence-corrected chi connectivity index (χ0v) is 21.1. The first-order chi connectivity index (χ1) is 17.5. The van der Waals surface area contributed by atoms with E-state index in [0.29, 0.717) is 31.1 Å². The van der Waals surface area contributed by atoms with Crippen LogP contribution < -0.4 is 9.64 Å². The number of carbonyl (C=O) groups excluding carboxylic acids is 1. The van der Waals surface area contributed by atoms with Crippen molar-refractivity contribution in [1.29, 1.82) is 0 Å². The number of benzene rings is 2. The van der Waals surface area contributed by atoms with E-state index in [9.17, 15) is 22.4 Å². The van der Waals surface area contributed by atoms with Gasteiger partial charge < -0.3 is 9.64 Å². The second-order valence-electron chi connectivity index (χ2n) is 9.04. The van der Waals surface area contributed by atoms with Gasteiger partial charge in [-0.3, -0.25) is 9.69 Å². The number of rotatable bonds is 7. The second-order valence-corrected chi connectivity index (χ2v) is 9.90. The molecule has 2 heterocycles. The molecule has 194 valence electrons. The van der Waals surface area contributed by atoms with Crippen LogP contribution in [-0.2, 0) is 12.7 Å². The first-order valence-electron chi connectivity index (χ1n) is 11.6. The Kier molecular flexibility index (Phi) is 7.85. The largest absolute Gasteiger partial charge is 0.491 e. The van der Waals surface area contributed by atoms with Crippen LogP contribution in [0.4, 0.5) is 23.2 Å². The van der Waals surface area contributed by atoms with Gasteiger partial charge in [0.05, 0.1) is 17.7 Å². The third-order valence-corrected chi connectivity index (χ3v) is 6.64. The van der Waals surface area contributed by atoms with E-state index in [4.69, 9.17) is 11.2 Å². The van der Waals surface area contributed by atoms with E-state index in [2.05, 4.69) is 15.8 Å². The van der Waals surface area contributed by atoms with Crippen LogP contribution >= 0.6 is 11.3 Å². The Bertz CT molecular complexity index is 1300. The zero-order chi connectivity index (χ0) is 26.7. The zero-order valence-electron chi connectivity index (χ0n) is 20.3. The van der Waals surface area contributed by atoms with Crippen molar-refractivity contribution in [3.63, 3.8) is 0 Å². The molecule has 1 fully saturated rings. The average molecular weight is 532 g/mol. The third kappa shape index (κ3) is 6.48. The molecule has 0 N–H and O–H groups in total. The number of thiazole rings is 1. The van der Waals surface area contributed by atoms with E-state index >= 15 is 0 Å². The summed E-state index contributed by atoms with van der Waals surface area (Å²) in [6.07, 6.45) is 0.929. The lowest BCUT2D eigenvalue weighted by Gasteiger charge is -2.30. The highest BCUT2D eigenvalue weighted by Crippen LogP contribution is 2.37. The Morgan fingerprint density at radius 1 is 1.27 bits per heavy atom. The summed E-state index contributed by atoms with van der Waals surface area (Å²) < 4.78 is 60.3. The molecule has 1 aliphatic heterocycles. The molecule has 5 nitrogen and oxygen atoms in total. The number of amides is 1. The molecule has 1 unspecified atom stereocenters. The number of anilines is 1. The molecule has 37 heavy (non-hydrogen) atoms. The van der Waals surface area contributed by atoms with E-state index in [-0.39, 0.29) is 29.1 Å². The van der Waals surface area contributed by atoms with E-state index < -0.39 is 23.7 Å². The molecular formula is C27H25F4N3O2S. The molecule has 3 aromatic rings. The number of terminal acetylenes is 1. The number of alkyl halides is 3. The molecule has 4 rings (SSSR count). The highest BCUT2D eigenvalue weighted by molar-refractivity contribution is 7.10. The van der Waals surface area contributed by atoms with Crippen molar-refractivity contribution in [3.8, 4) is 18.1 Å². The standard InChI is InChI=1S/C27H25F4N3O2S/c1-4-25-32-24(16-37-25)26(35)34(21-9-10-33(15-21)14-18-5-7-20(28)8-6-18)22-11-19(27(29,30)31)12-23(13-22)36-17(2)3/h1,5-8,11-13,16-17,21H,9-10,14-15H2,2-3H3. The minimum atomic E-state index is -4.64. The summed E-state index contributed by atoms with van der Waals surface area (Å²) in [5.41, 5.74) is 0.116. The van der Waals surface area contributed by atoms with Gasteiger partial charge in [0, 0.05) is 36.8 Å². The normalized spacial score (nSPS) is 16.1. The van der Waals surface area contributed by atoms with Crippen molar-refractivity contribution in [2.24, 2.45) is 0 Å². The molecule has 1 atom stereocenters. The Morgan fingerprint density at radius 2 is 2.00 bits per heavy atom. The lowest BCUT2D eigenvalue weighted by molar-refractivity contribution is -0.137. The fourth-order valence-corrected chi connectivity index (χ4v) is 4.89. The van der Waals surface area contributed by atoms with Gasteiger partial charge in [-0.15, -0.1) is 17.8 Å². The minimum Gasteiger partial charge on any atom is -0.491 e. The topological polar surface area (TPSA) is 45.7 Å². The predicted octanol–water partition coefficient (Wildman–Crippen LogP) is 5.99. The monoisotopic (exact) mass is 531 g/mol. The summed E-state index contributed by atoms with van der Waals surface area (Å²) in [7, 11) is 0. The minimum absolute atomic E-state index is 0.0152. The maximum Gasteiger partial charge on any atom is 0.416 e. The van der Waals surface area contributed by atoms with Gasteiger partial charge in [-0.05, 0) is 56.0 Å². The maximum atomic E-state index is 13.8. The summed E-state index contributed by atoms with van der Waals surface area (Å²) >= 11 is 1.11. The fraction of sp³-hybridized carbons (Fsp3) is 0.333. The SMILES string of the molecule is C#Cc1nc(C(=O)N(c2cc(OC(C)C)cc(C(F)(F)F)c2)C2CCN(Cc3ccc(F)cc3)C2)cs1. The van der Waals surface area contributed by atoms with Crippen LogP contribution in [0.15, 0.2) is 47.8 Å². The van der Waals surface area contributed by atoms with Crippen molar-refractivity contribution in [1.82, 2.24) is 9.88 Å². The van der Waals surface area contributed by atoms with Gasteiger partial charge >= 0.3 is 6.18 Å². The number of ether oxygens (including phenoxy) is 1. The fourth-order valence-electron chi connectivity index (χ4n) is 4.30. The van der Waals surface area contributed by atoms with Gasteiger partial charge in [0.2, 0.25) is 0 Å².